The number of nitrogens with zero attached hydrogens (tertiary/aromatic N) is 1. The predicted molar refractivity (Wildman–Crippen MR) is 86.4 cm³/mol. The van der Waals surface area contributed by atoms with Crippen LogP contribution in [-0.2, 0) is 19.1 Å². The van der Waals surface area contributed by atoms with E-state index in [9.17, 15) is 14.0 Å². The molecule has 0 aliphatic carbocycles. The van der Waals surface area contributed by atoms with Gasteiger partial charge in [-0.25, -0.2) is 4.39 Å². The maximum absolute atomic E-state index is 14.2. The molecule has 2 saturated heterocycles. The molecule has 2 fully saturated rings. The highest BCUT2D eigenvalue weighted by atomic mass is 19.1. The number of benzene rings is 1. The van der Waals surface area contributed by atoms with Crippen molar-refractivity contribution in [3.63, 3.8) is 0 Å². The second-order valence-electron chi connectivity index (χ2n) is 6.01. The molecule has 1 aromatic carbocycles. The number of nitrogens with one attached hydrogen (secondary N) is 1. The normalized spacial score (nSPS) is 20.6. The molecule has 2 aliphatic heterocycles. The summed E-state index contributed by atoms with van der Waals surface area (Å²) in [6, 6.07) is 4.32. The molecule has 0 radical (unpaired) electrons. The van der Waals surface area contributed by atoms with E-state index in [0.717, 1.165) is 25.9 Å². The second-order valence-corrected chi connectivity index (χ2v) is 6.01. The Morgan fingerprint density at radius 2 is 2.29 bits per heavy atom. The summed E-state index contributed by atoms with van der Waals surface area (Å²) in [7, 11) is 0. The molecule has 0 bridgehead atoms. The quantitative estimate of drug-likeness (QED) is 0.864. The topological polar surface area (TPSA) is 67.9 Å². The lowest BCUT2D eigenvalue weighted by atomic mass is 10.2. The van der Waals surface area contributed by atoms with E-state index in [0.29, 0.717) is 25.3 Å². The molecule has 2 heterocycles. The van der Waals surface area contributed by atoms with Crippen molar-refractivity contribution in [1.82, 2.24) is 0 Å². The minimum Gasteiger partial charge on any atom is -0.376 e. The van der Waals surface area contributed by atoms with E-state index in [4.69, 9.17) is 9.47 Å². The fourth-order valence-electron chi connectivity index (χ4n) is 2.96. The zero-order valence-corrected chi connectivity index (χ0v) is 13.4. The number of carbonyl (C=O) groups excluding carboxylic acids is 2. The van der Waals surface area contributed by atoms with Gasteiger partial charge < -0.3 is 19.7 Å². The van der Waals surface area contributed by atoms with Gasteiger partial charge >= 0.3 is 0 Å². The summed E-state index contributed by atoms with van der Waals surface area (Å²) in [6.07, 6.45) is 3.21. The Kier molecular flexibility index (Phi) is 5.42. The summed E-state index contributed by atoms with van der Waals surface area (Å²) >= 11 is 0. The zero-order valence-electron chi connectivity index (χ0n) is 13.4. The predicted octanol–water partition coefficient (Wildman–Crippen LogP) is 2.09. The molecule has 2 aliphatic rings. The molecule has 1 aromatic rings. The van der Waals surface area contributed by atoms with Gasteiger partial charge in [0.25, 0.3) is 0 Å². The number of hydrogen-bond donors (Lipinski definition) is 1. The number of carbonyl (C=O) groups is 2. The van der Waals surface area contributed by atoms with Crippen molar-refractivity contribution in [2.24, 2.45) is 0 Å². The van der Waals surface area contributed by atoms with E-state index >= 15 is 0 Å². The molecular weight excluding hydrogens is 315 g/mol. The minimum atomic E-state index is -0.525. The highest BCUT2D eigenvalue weighted by Crippen LogP contribution is 2.26. The smallest absolute Gasteiger partial charge is 0.250 e. The van der Waals surface area contributed by atoms with Gasteiger partial charge in [0, 0.05) is 25.3 Å². The number of amides is 2. The fourth-order valence-corrected chi connectivity index (χ4v) is 2.96. The first-order valence-corrected chi connectivity index (χ1v) is 8.22. The molecule has 1 atom stereocenters. The number of hydrogen-bond acceptors (Lipinski definition) is 4. The largest absolute Gasteiger partial charge is 0.376 e. The van der Waals surface area contributed by atoms with Gasteiger partial charge in [0.2, 0.25) is 11.8 Å². The van der Waals surface area contributed by atoms with E-state index in [1.54, 1.807) is 6.07 Å². The molecule has 0 saturated carbocycles. The maximum Gasteiger partial charge on any atom is 0.250 e. The van der Waals surface area contributed by atoms with Crippen molar-refractivity contribution in [2.45, 2.75) is 31.8 Å². The lowest BCUT2D eigenvalue weighted by molar-refractivity contribution is -0.121. The lowest BCUT2D eigenvalue weighted by Crippen LogP contribution is -2.25. The summed E-state index contributed by atoms with van der Waals surface area (Å²) in [5, 5.41) is 2.59. The molecule has 3 rings (SSSR count). The van der Waals surface area contributed by atoms with E-state index < -0.39 is 5.82 Å². The van der Waals surface area contributed by atoms with Gasteiger partial charge in [-0.05, 0) is 37.5 Å². The van der Waals surface area contributed by atoms with Crippen LogP contribution in [0.1, 0.15) is 25.7 Å². The van der Waals surface area contributed by atoms with Gasteiger partial charge in [-0.3, -0.25) is 9.59 Å². The standard InChI is InChI=1S/C17H21FN2O4/c18-14-9-12(5-6-15(14)20-7-1-4-17(20)22)19-16(21)11-23-10-13-3-2-8-24-13/h5-6,9,13H,1-4,7-8,10-11H2,(H,19,21)/t13-/m0/s1. The van der Waals surface area contributed by atoms with Gasteiger partial charge in [-0.15, -0.1) is 0 Å². The minimum absolute atomic E-state index is 0.0625. The van der Waals surface area contributed by atoms with Crippen molar-refractivity contribution >= 4 is 23.2 Å². The highest BCUT2D eigenvalue weighted by Gasteiger charge is 2.24. The highest BCUT2D eigenvalue weighted by molar-refractivity contribution is 5.96. The van der Waals surface area contributed by atoms with Crippen LogP contribution < -0.4 is 10.2 Å². The zero-order chi connectivity index (χ0) is 16.9. The third-order valence-electron chi connectivity index (χ3n) is 4.16. The number of rotatable bonds is 6. The van der Waals surface area contributed by atoms with Crippen molar-refractivity contribution in [3.05, 3.63) is 24.0 Å². The number of anilines is 2. The molecule has 2 amide bonds. The van der Waals surface area contributed by atoms with Crippen LogP contribution in [0, 0.1) is 5.82 Å². The first-order valence-electron chi connectivity index (χ1n) is 8.22. The average molecular weight is 336 g/mol. The Morgan fingerprint density at radius 1 is 1.42 bits per heavy atom. The van der Waals surface area contributed by atoms with E-state index in [-0.39, 0.29) is 30.2 Å². The summed E-state index contributed by atoms with van der Waals surface area (Å²) in [4.78, 5) is 24.9. The van der Waals surface area contributed by atoms with E-state index in [1.807, 2.05) is 0 Å². The maximum atomic E-state index is 14.2. The molecule has 6 nitrogen and oxygen atoms in total. The molecule has 0 spiro atoms. The van der Waals surface area contributed by atoms with Crippen LogP contribution in [-0.4, -0.2) is 44.3 Å². The van der Waals surface area contributed by atoms with Gasteiger partial charge in [-0.1, -0.05) is 0 Å². The monoisotopic (exact) mass is 336 g/mol. The molecule has 130 valence electrons. The van der Waals surface area contributed by atoms with Crippen LogP contribution in [0.2, 0.25) is 0 Å². The van der Waals surface area contributed by atoms with E-state index in [2.05, 4.69) is 5.32 Å². The first kappa shape index (κ1) is 16.9. The molecule has 0 unspecified atom stereocenters. The van der Waals surface area contributed by atoms with Crippen LogP contribution in [0.3, 0.4) is 0 Å². The van der Waals surface area contributed by atoms with Gasteiger partial charge in [0.15, 0.2) is 0 Å². The Balaban J connectivity index is 1.50. The Morgan fingerprint density at radius 3 is 2.96 bits per heavy atom. The average Bonchev–Trinajstić information content (AvgIpc) is 3.19. The SMILES string of the molecule is O=C(COC[C@@H]1CCCO1)Nc1ccc(N2CCCC2=O)c(F)c1. The van der Waals surface area contributed by atoms with Crippen molar-refractivity contribution in [1.29, 1.82) is 0 Å². The van der Waals surface area contributed by atoms with Crippen molar-refractivity contribution < 1.29 is 23.5 Å². The van der Waals surface area contributed by atoms with E-state index in [1.165, 1.54) is 17.0 Å². The fraction of sp³-hybridized carbons (Fsp3) is 0.529. The second kappa shape index (κ2) is 7.72. The lowest BCUT2D eigenvalue weighted by Gasteiger charge is -2.17. The van der Waals surface area contributed by atoms with Crippen LogP contribution >= 0.6 is 0 Å². The molecule has 0 aromatic heterocycles. The Bertz CT molecular complexity index is 617. The van der Waals surface area contributed by atoms with Gasteiger partial charge in [0.05, 0.1) is 18.4 Å². The summed E-state index contributed by atoms with van der Waals surface area (Å²) in [6.45, 7) is 1.55. The Hall–Kier alpha value is -1.99. The van der Waals surface area contributed by atoms with Gasteiger partial charge in [0.1, 0.15) is 12.4 Å². The van der Waals surface area contributed by atoms with Crippen LogP contribution in [0.15, 0.2) is 18.2 Å². The third-order valence-corrected chi connectivity index (χ3v) is 4.16. The van der Waals surface area contributed by atoms with Gasteiger partial charge in [-0.2, -0.15) is 0 Å². The third kappa shape index (κ3) is 4.10. The molecule has 1 N–H and O–H groups in total. The summed E-state index contributed by atoms with van der Waals surface area (Å²) in [5.74, 6) is -0.950. The van der Waals surface area contributed by atoms with Crippen molar-refractivity contribution in [2.75, 3.05) is 36.6 Å². The molecule has 24 heavy (non-hydrogen) atoms. The van der Waals surface area contributed by atoms with Crippen LogP contribution in [0.25, 0.3) is 0 Å². The van der Waals surface area contributed by atoms with Crippen molar-refractivity contribution in [3.8, 4) is 0 Å². The first-order chi connectivity index (χ1) is 11.6. The summed E-state index contributed by atoms with van der Waals surface area (Å²) < 4.78 is 24.9. The Labute approximate surface area is 139 Å². The molecule has 7 heteroatoms. The summed E-state index contributed by atoms with van der Waals surface area (Å²) in [5.41, 5.74) is 0.596. The van der Waals surface area contributed by atoms with Crippen LogP contribution in [0.4, 0.5) is 15.8 Å². The number of ether oxygens (including phenoxy) is 2. The number of halogens is 1. The molecular formula is C17H21FN2O4. The van der Waals surface area contributed by atoms with Crippen LogP contribution in [0.5, 0.6) is 0 Å².